The largest absolute Gasteiger partial charge is 0.465 e. The van der Waals surface area contributed by atoms with Gasteiger partial charge in [-0.25, -0.2) is 14.0 Å². The van der Waals surface area contributed by atoms with Crippen LogP contribution in [-0.2, 0) is 30.4 Å². The molecule has 0 spiro atoms. The maximum atomic E-state index is 15.3. The molecule has 0 bridgehead atoms. The summed E-state index contributed by atoms with van der Waals surface area (Å²) in [6, 6.07) is 5.83. The number of alkyl halides is 1. The number of esters is 2. The third-order valence-electron chi connectivity index (χ3n) is 5.59. The molecule has 158 valence electrons. The normalized spacial score (nSPS) is 32.3. The third kappa shape index (κ3) is 3.36. The molecular formula is C19H23FN2O7. The number of rotatable bonds is 8. The fraction of sp³-hybridized carbons (Fsp3) is 0.579. The molecule has 0 aromatic heterocycles. The number of benzene rings is 1. The van der Waals surface area contributed by atoms with Gasteiger partial charge in [-0.15, -0.1) is 0 Å². The Kier molecular flexibility index (Phi) is 5.59. The molecule has 10 heteroatoms. The lowest BCUT2D eigenvalue weighted by Gasteiger charge is -2.33. The van der Waals surface area contributed by atoms with E-state index in [1.807, 2.05) is 0 Å². The van der Waals surface area contributed by atoms with E-state index in [2.05, 4.69) is 0 Å². The van der Waals surface area contributed by atoms with Gasteiger partial charge in [0.25, 0.3) is 5.69 Å². The van der Waals surface area contributed by atoms with Gasteiger partial charge in [0.2, 0.25) is 5.67 Å². The number of hydrogen-bond acceptors (Lipinski definition) is 8. The summed E-state index contributed by atoms with van der Waals surface area (Å²) in [7, 11) is 0. The predicted octanol–water partition coefficient (Wildman–Crippen LogP) is 1.66. The molecule has 3 rings (SSSR count). The Labute approximate surface area is 166 Å². The number of carbonyl (C=O) groups is 2. The van der Waals surface area contributed by atoms with Crippen LogP contribution in [0.4, 0.5) is 10.1 Å². The summed E-state index contributed by atoms with van der Waals surface area (Å²) in [6.45, 7) is 3.13. The van der Waals surface area contributed by atoms with Gasteiger partial charge in [-0.1, -0.05) is 12.1 Å². The lowest BCUT2D eigenvalue weighted by atomic mass is 9.87. The van der Waals surface area contributed by atoms with Crippen LogP contribution in [0.2, 0.25) is 0 Å². The Balaban J connectivity index is 1.79. The summed E-state index contributed by atoms with van der Waals surface area (Å²) in [5.41, 5.74) is 2.51. The van der Waals surface area contributed by atoms with E-state index in [1.54, 1.807) is 19.9 Å². The van der Waals surface area contributed by atoms with E-state index in [1.165, 1.54) is 18.2 Å². The molecule has 2 fully saturated rings. The molecule has 2 saturated carbocycles. The SMILES string of the molecule is CCOC(=O)[C@@]1(N)[C@H]2[C@@H](C[C@H]1OCc1cccc([N+](=O)[O-])c1)[C@]2(F)C(=O)OCC. The Morgan fingerprint density at radius 2 is 1.93 bits per heavy atom. The van der Waals surface area contributed by atoms with E-state index >= 15 is 4.39 Å². The average molecular weight is 410 g/mol. The molecule has 2 aliphatic carbocycles. The molecule has 0 heterocycles. The summed E-state index contributed by atoms with van der Waals surface area (Å²) < 4.78 is 30.9. The van der Waals surface area contributed by atoms with Crippen LogP contribution in [0, 0.1) is 22.0 Å². The minimum Gasteiger partial charge on any atom is -0.465 e. The standard InChI is InChI=1S/C19H23FN2O7/c1-3-27-16(23)18(20)13-9-14(19(21,15(13)18)17(24)28-4-2)29-10-11-6-5-7-12(8-11)22(25)26/h5-8,13-15H,3-4,9-10,21H2,1-2H3/t13-,14-,15+,18-,19+/m1/s1. The summed E-state index contributed by atoms with van der Waals surface area (Å²) in [6.07, 6.45) is -0.876. The van der Waals surface area contributed by atoms with E-state index in [-0.39, 0.29) is 31.9 Å². The number of fused-ring (bicyclic) bond motifs is 1. The Bertz CT molecular complexity index is 835. The Hall–Kier alpha value is -2.59. The smallest absolute Gasteiger partial charge is 0.344 e. The third-order valence-corrected chi connectivity index (χ3v) is 5.59. The molecule has 0 amide bonds. The van der Waals surface area contributed by atoms with E-state index in [0.717, 1.165) is 0 Å². The predicted molar refractivity (Wildman–Crippen MR) is 97.3 cm³/mol. The Morgan fingerprint density at radius 3 is 2.55 bits per heavy atom. The van der Waals surface area contributed by atoms with Gasteiger partial charge in [-0.05, 0) is 25.8 Å². The van der Waals surface area contributed by atoms with Crippen molar-refractivity contribution in [3.63, 3.8) is 0 Å². The molecular weight excluding hydrogens is 387 g/mol. The molecule has 1 aromatic rings. The molecule has 0 unspecified atom stereocenters. The number of nitrogens with two attached hydrogens (primary N) is 1. The quantitative estimate of drug-likeness (QED) is 0.389. The molecule has 2 aliphatic rings. The highest BCUT2D eigenvalue weighted by atomic mass is 19.1. The second-order valence-electron chi connectivity index (χ2n) is 7.19. The van der Waals surface area contributed by atoms with Crippen LogP contribution in [0.15, 0.2) is 24.3 Å². The van der Waals surface area contributed by atoms with Crippen LogP contribution in [-0.4, -0.2) is 47.4 Å². The second kappa shape index (κ2) is 7.68. The first-order chi connectivity index (χ1) is 13.7. The molecule has 9 nitrogen and oxygen atoms in total. The number of nitrogens with zero attached hydrogens (tertiary/aromatic N) is 1. The van der Waals surface area contributed by atoms with Gasteiger partial charge in [0, 0.05) is 24.0 Å². The van der Waals surface area contributed by atoms with Crippen molar-refractivity contribution >= 4 is 17.6 Å². The summed E-state index contributed by atoms with van der Waals surface area (Å²) in [5, 5.41) is 10.9. The topological polar surface area (TPSA) is 131 Å². The lowest BCUT2D eigenvalue weighted by Crippen LogP contribution is -2.61. The molecule has 0 saturated heterocycles. The summed E-state index contributed by atoms with van der Waals surface area (Å²) in [4.78, 5) is 35.1. The molecule has 29 heavy (non-hydrogen) atoms. The fourth-order valence-electron chi connectivity index (χ4n) is 4.24. The van der Waals surface area contributed by atoms with Crippen LogP contribution >= 0.6 is 0 Å². The number of halogens is 1. The van der Waals surface area contributed by atoms with Gasteiger partial charge in [0.05, 0.1) is 30.8 Å². The first-order valence-electron chi connectivity index (χ1n) is 9.38. The molecule has 1 aromatic carbocycles. The molecule has 0 radical (unpaired) electrons. The van der Waals surface area contributed by atoms with Crippen LogP contribution in [0.3, 0.4) is 0 Å². The maximum absolute atomic E-state index is 15.3. The number of non-ortho nitro benzene ring substituents is 1. The zero-order valence-electron chi connectivity index (χ0n) is 16.1. The van der Waals surface area contributed by atoms with Crippen molar-refractivity contribution in [2.45, 2.75) is 44.2 Å². The van der Waals surface area contributed by atoms with Crippen molar-refractivity contribution in [1.29, 1.82) is 0 Å². The van der Waals surface area contributed by atoms with Gasteiger partial charge in [-0.3, -0.25) is 10.1 Å². The van der Waals surface area contributed by atoms with Gasteiger partial charge in [0.1, 0.15) is 5.54 Å². The van der Waals surface area contributed by atoms with Crippen LogP contribution < -0.4 is 5.73 Å². The van der Waals surface area contributed by atoms with Crippen molar-refractivity contribution in [3.8, 4) is 0 Å². The number of carbonyl (C=O) groups excluding carboxylic acids is 2. The van der Waals surface area contributed by atoms with E-state index in [4.69, 9.17) is 19.9 Å². The first-order valence-corrected chi connectivity index (χ1v) is 9.38. The second-order valence-corrected chi connectivity index (χ2v) is 7.19. The number of ether oxygens (including phenoxy) is 3. The van der Waals surface area contributed by atoms with Gasteiger partial charge in [-0.2, -0.15) is 0 Å². The molecule has 0 aliphatic heterocycles. The van der Waals surface area contributed by atoms with Crippen LogP contribution in [0.1, 0.15) is 25.8 Å². The number of nitro benzene ring substituents is 1. The van der Waals surface area contributed by atoms with Crippen molar-refractivity contribution in [2.24, 2.45) is 17.6 Å². The number of nitro groups is 1. The lowest BCUT2D eigenvalue weighted by molar-refractivity contribution is -0.385. The van der Waals surface area contributed by atoms with E-state index in [9.17, 15) is 19.7 Å². The summed E-state index contributed by atoms with van der Waals surface area (Å²) in [5.74, 6) is -3.80. The van der Waals surface area contributed by atoms with Crippen LogP contribution in [0.25, 0.3) is 0 Å². The van der Waals surface area contributed by atoms with Gasteiger partial charge < -0.3 is 19.9 Å². The fourth-order valence-corrected chi connectivity index (χ4v) is 4.24. The minimum atomic E-state index is -2.34. The van der Waals surface area contributed by atoms with Crippen molar-refractivity contribution < 1.29 is 33.1 Å². The molecule has 2 N–H and O–H groups in total. The zero-order chi connectivity index (χ0) is 21.4. The van der Waals surface area contributed by atoms with E-state index < -0.39 is 46.0 Å². The van der Waals surface area contributed by atoms with Crippen molar-refractivity contribution in [2.75, 3.05) is 13.2 Å². The first kappa shape index (κ1) is 21.1. The number of hydrogen-bond donors (Lipinski definition) is 1. The highest BCUT2D eigenvalue weighted by Gasteiger charge is 2.85. The highest BCUT2D eigenvalue weighted by Crippen LogP contribution is 2.67. The van der Waals surface area contributed by atoms with E-state index in [0.29, 0.717) is 5.56 Å². The Morgan fingerprint density at radius 1 is 1.28 bits per heavy atom. The van der Waals surface area contributed by atoms with Gasteiger partial charge in [0.15, 0.2) is 0 Å². The average Bonchev–Trinajstić information content (AvgIpc) is 3.16. The summed E-state index contributed by atoms with van der Waals surface area (Å²) >= 11 is 0. The van der Waals surface area contributed by atoms with Gasteiger partial charge >= 0.3 is 11.9 Å². The maximum Gasteiger partial charge on any atom is 0.344 e. The minimum absolute atomic E-state index is 0.00758. The monoisotopic (exact) mass is 410 g/mol. The highest BCUT2D eigenvalue weighted by molar-refractivity contribution is 5.92. The molecule has 5 atom stereocenters. The zero-order valence-corrected chi connectivity index (χ0v) is 16.1. The van der Waals surface area contributed by atoms with Crippen LogP contribution in [0.5, 0.6) is 0 Å². The van der Waals surface area contributed by atoms with Crippen molar-refractivity contribution in [3.05, 3.63) is 39.9 Å². The van der Waals surface area contributed by atoms with Crippen molar-refractivity contribution in [1.82, 2.24) is 0 Å².